The number of Topliss-reactive ketones (excluding diaryl/α,β-unsaturated/α-hetero) is 1. The van der Waals surface area contributed by atoms with Crippen LogP contribution in [0.4, 0.5) is 0 Å². The zero-order valence-electron chi connectivity index (χ0n) is 11.6. The van der Waals surface area contributed by atoms with Crippen LogP contribution in [0.15, 0.2) is 54.9 Å². The minimum Gasteiger partial charge on any atom is -0.300 e. The molecule has 0 fully saturated rings. The summed E-state index contributed by atoms with van der Waals surface area (Å²) in [7, 11) is 0. The summed E-state index contributed by atoms with van der Waals surface area (Å²) in [5.74, 6) is 0.973. The Bertz CT molecular complexity index is 757. The molecule has 0 N–H and O–H groups in total. The highest BCUT2D eigenvalue weighted by atomic mass is 16.1. The predicted molar refractivity (Wildman–Crippen MR) is 80.2 cm³/mol. The lowest BCUT2D eigenvalue weighted by Gasteiger charge is -2.02. The van der Waals surface area contributed by atoms with Gasteiger partial charge in [-0.2, -0.15) is 0 Å². The summed E-state index contributed by atoms with van der Waals surface area (Å²) >= 11 is 0. The minimum absolute atomic E-state index is 0.0158. The number of nitrogens with zero attached hydrogens (tertiary/aromatic N) is 2. The Kier molecular flexibility index (Phi) is 3.11. The molecule has 2 aromatic heterocycles. The van der Waals surface area contributed by atoms with Crippen molar-refractivity contribution in [3.63, 3.8) is 0 Å². The highest BCUT2D eigenvalue weighted by Gasteiger charge is 2.18. The van der Waals surface area contributed by atoms with Crippen molar-refractivity contribution < 1.29 is 4.79 Å². The number of hydrogen-bond acceptors (Lipinski definition) is 2. The van der Waals surface area contributed by atoms with Crippen LogP contribution >= 0.6 is 0 Å². The lowest BCUT2D eigenvalue weighted by molar-refractivity contribution is 0.0941. The zero-order valence-corrected chi connectivity index (χ0v) is 11.6. The quantitative estimate of drug-likeness (QED) is 0.673. The average molecular weight is 264 g/mol. The Morgan fingerprint density at radius 2 is 1.85 bits per heavy atom. The Morgan fingerprint density at radius 3 is 2.55 bits per heavy atom. The number of rotatable bonds is 3. The Hall–Kier alpha value is -2.42. The van der Waals surface area contributed by atoms with Crippen molar-refractivity contribution in [2.45, 2.75) is 13.8 Å². The van der Waals surface area contributed by atoms with E-state index in [9.17, 15) is 4.79 Å². The normalized spacial score (nSPS) is 11.2. The Morgan fingerprint density at radius 1 is 1.10 bits per heavy atom. The van der Waals surface area contributed by atoms with Crippen molar-refractivity contribution in [3.05, 3.63) is 60.4 Å². The number of pyridine rings is 1. The number of ketones is 1. The first-order valence-corrected chi connectivity index (χ1v) is 6.74. The summed E-state index contributed by atoms with van der Waals surface area (Å²) in [6.07, 6.45) is 3.66. The summed E-state index contributed by atoms with van der Waals surface area (Å²) < 4.78 is 1.98. The van der Waals surface area contributed by atoms with Gasteiger partial charge in [-0.3, -0.25) is 4.79 Å². The van der Waals surface area contributed by atoms with E-state index in [4.69, 9.17) is 0 Å². The fourth-order valence-corrected chi connectivity index (χ4v) is 2.37. The smallest absolute Gasteiger partial charge is 0.167 e. The van der Waals surface area contributed by atoms with Crippen LogP contribution in [0.2, 0.25) is 0 Å². The summed E-state index contributed by atoms with van der Waals surface area (Å²) in [4.78, 5) is 16.7. The number of hydrogen-bond donors (Lipinski definition) is 0. The third-order valence-electron chi connectivity index (χ3n) is 3.40. The fourth-order valence-electron chi connectivity index (χ4n) is 2.37. The van der Waals surface area contributed by atoms with Crippen molar-refractivity contribution in [2.24, 2.45) is 5.92 Å². The highest BCUT2D eigenvalue weighted by molar-refractivity contribution is 6.09. The van der Waals surface area contributed by atoms with Gasteiger partial charge in [0.05, 0.1) is 5.52 Å². The SMILES string of the molecule is CC(C)C(=O)c1cn(-c2ccccn2)c2ccccc12. The fraction of sp³-hybridized carbons (Fsp3) is 0.176. The Labute approximate surface area is 117 Å². The van der Waals surface area contributed by atoms with Crippen molar-refractivity contribution in [1.29, 1.82) is 0 Å². The van der Waals surface area contributed by atoms with Crippen LogP contribution < -0.4 is 0 Å². The molecule has 0 aliphatic carbocycles. The summed E-state index contributed by atoms with van der Waals surface area (Å²) in [6.45, 7) is 3.85. The van der Waals surface area contributed by atoms with Crippen LogP contribution in [0.25, 0.3) is 16.7 Å². The van der Waals surface area contributed by atoms with Gasteiger partial charge >= 0.3 is 0 Å². The molecule has 0 aliphatic heterocycles. The second-order valence-electron chi connectivity index (χ2n) is 5.14. The van der Waals surface area contributed by atoms with E-state index >= 15 is 0 Å². The van der Waals surface area contributed by atoms with Crippen molar-refractivity contribution in [1.82, 2.24) is 9.55 Å². The molecule has 0 unspecified atom stereocenters. The van der Waals surface area contributed by atoms with E-state index in [0.29, 0.717) is 0 Å². The molecule has 3 aromatic rings. The minimum atomic E-state index is -0.0158. The maximum Gasteiger partial charge on any atom is 0.167 e. The van der Waals surface area contributed by atoms with Crippen LogP contribution in [0.1, 0.15) is 24.2 Å². The van der Waals surface area contributed by atoms with Gasteiger partial charge in [-0.05, 0) is 18.2 Å². The van der Waals surface area contributed by atoms with Crippen LogP contribution in [-0.2, 0) is 0 Å². The number of carbonyl (C=O) groups excluding carboxylic acids is 1. The first kappa shape index (κ1) is 12.6. The number of aromatic nitrogens is 2. The molecule has 0 saturated heterocycles. The van der Waals surface area contributed by atoms with Gasteiger partial charge in [-0.1, -0.05) is 38.1 Å². The van der Waals surface area contributed by atoms with Crippen LogP contribution in [0.5, 0.6) is 0 Å². The van der Waals surface area contributed by atoms with Crippen LogP contribution in [0, 0.1) is 5.92 Å². The van der Waals surface area contributed by atoms with Gasteiger partial charge < -0.3 is 4.57 Å². The molecular weight excluding hydrogens is 248 g/mol. The molecule has 0 atom stereocenters. The average Bonchev–Trinajstić information content (AvgIpc) is 2.87. The highest BCUT2D eigenvalue weighted by Crippen LogP contribution is 2.25. The van der Waals surface area contributed by atoms with Gasteiger partial charge in [0, 0.05) is 29.3 Å². The molecule has 100 valence electrons. The summed E-state index contributed by atoms with van der Waals surface area (Å²) in [5.41, 5.74) is 1.77. The molecule has 0 aliphatic rings. The third-order valence-corrected chi connectivity index (χ3v) is 3.40. The van der Waals surface area contributed by atoms with E-state index in [2.05, 4.69) is 4.98 Å². The number of para-hydroxylation sites is 1. The van der Waals surface area contributed by atoms with Crippen LogP contribution in [-0.4, -0.2) is 15.3 Å². The zero-order chi connectivity index (χ0) is 14.1. The molecule has 3 rings (SSSR count). The molecule has 20 heavy (non-hydrogen) atoms. The van der Waals surface area contributed by atoms with Gasteiger partial charge in [-0.15, -0.1) is 0 Å². The van der Waals surface area contributed by atoms with E-state index in [1.807, 2.05) is 67.1 Å². The second kappa shape index (κ2) is 4.93. The maximum atomic E-state index is 12.4. The largest absolute Gasteiger partial charge is 0.300 e. The molecule has 0 saturated carbocycles. The van der Waals surface area contributed by atoms with Gasteiger partial charge in [0.15, 0.2) is 5.78 Å². The number of benzene rings is 1. The van der Waals surface area contributed by atoms with Gasteiger partial charge in [0.25, 0.3) is 0 Å². The molecule has 0 spiro atoms. The molecule has 2 heterocycles. The lowest BCUT2D eigenvalue weighted by atomic mass is 10.0. The van der Waals surface area contributed by atoms with Gasteiger partial charge in [0.2, 0.25) is 0 Å². The van der Waals surface area contributed by atoms with E-state index in [1.54, 1.807) is 6.20 Å². The molecule has 3 heteroatoms. The molecule has 0 radical (unpaired) electrons. The molecule has 0 amide bonds. The predicted octanol–water partition coefficient (Wildman–Crippen LogP) is 3.86. The second-order valence-corrected chi connectivity index (χ2v) is 5.14. The summed E-state index contributed by atoms with van der Waals surface area (Å²) in [6, 6.07) is 13.7. The molecular formula is C17H16N2O. The van der Waals surface area contributed by atoms with Gasteiger partial charge in [-0.25, -0.2) is 4.98 Å². The van der Waals surface area contributed by atoms with Crippen LogP contribution in [0.3, 0.4) is 0 Å². The third kappa shape index (κ3) is 2.01. The molecule has 3 nitrogen and oxygen atoms in total. The van der Waals surface area contributed by atoms with Crippen molar-refractivity contribution in [2.75, 3.05) is 0 Å². The first-order valence-electron chi connectivity index (χ1n) is 6.74. The monoisotopic (exact) mass is 264 g/mol. The summed E-state index contributed by atoms with van der Waals surface area (Å²) in [5, 5.41) is 0.983. The molecule has 0 bridgehead atoms. The molecule has 1 aromatic carbocycles. The standard InChI is InChI=1S/C17H16N2O/c1-12(2)17(20)14-11-19(16-9-5-6-10-18-16)15-8-4-3-7-13(14)15/h3-12H,1-2H3. The number of carbonyl (C=O) groups is 1. The van der Waals surface area contributed by atoms with Crippen molar-refractivity contribution >= 4 is 16.7 Å². The van der Waals surface area contributed by atoms with Crippen molar-refractivity contribution in [3.8, 4) is 5.82 Å². The van der Waals surface area contributed by atoms with E-state index in [1.165, 1.54) is 0 Å². The first-order chi connectivity index (χ1) is 9.68. The topological polar surface area (TPSA) is 34.9 Å². The lowest BCUT2D eigenvalue weighted by Crippen LogP contribution is -2.06. The van der Waals surface area contributed by atoms with E-state index < -0.39 is 0 Å². The number of fused-ring (bicyclic) bond motifs is 1. The maximum absolute atomic E-state index is 12.4. The van der Waals surface area contributed by atoms with Gasteiger partial charge in [0.1, 0.15) is 5.82 Å². The van der Waals surface area contributed by atoms with E-state index in [0.717, 1.165) is 22.3 Å². The Balaban J connectivity index is 2.27. The van der Waals surface area contributed by atoms with E-state index in [-0.39, 0.29) is 11.7 Å².